The van der Waals surface area contributed by atoms with Crippen molar-refractivity contribution >= 4 is 5.84 Å². The molecule has 0 bridgehead atoms. The van der Waals surface area contributed by atoms with Crippen LogP contribution in [0.3, 0.4) is 0 Å². The van der Waals surface area contributed by atoms with E-state index < -0.39 is 23.7 Å². The van der Waals surface area contributed by atoms with Crippen molar-refractivity contribution in [3.05, 3.63) is 29.3 Å². The zero-order chi connectivity index (χ0) is 14.8. The molecular weight excluding hydrogens is 277 g/mol. The molecule has 1 aromatic carbocycles. The fourth-order valence-electron chi connectivity index (χ4n) is 1.86. The van der Waals surface area contributed by atoms with Gasteiger partial charge in [-0.3, -0.25) is 0 Å². The lowest BCUT2D eigenvalue weighted by atomic mass is 10.1. The van der Waals surface area contributed by atoms with E-state index in [2.05, 4.69) is 5.16 Å². The summed E-state index contributed by atoms with van der Waals surface area (Å²) in [6.45, 7) is 0.730. The fraction of sp³-hybridized carbons (Fsp3) is 0.417. The van der Waals surface area contributed by atoms with Gasteiger partial charge in [0.25, 0.3) is 0 Å². The topological polar surface area (TPSA) is 77.1 Å². The summed E-state index contributed by atoms with van der Waals surface area (Å²) >= 11 is 0. The molecule has 1 atom stereocenters. The van der Waals surface area contributed by atoms with Gasteiger partial charge in [-0.05, 0) is 18.2 Å². The zero-order valence-corrected chi connectivity index (χ0v) is 10.4. The van der Waals surface area contributed by atoms with Gasteiger partial charge in [0, 0.05) is 12.0 Å². The van der Waals surface area contributed by atoms with E-state index in [-0.39, 0.29) is 17.9 Å². The molecule has 1 aliphatic rings. The summed E-state index contributed by atoms with van der Waals surface area (Å²) in [6, 6.07) is 3.25. The summed E-state index contributed by atoms with van der Waals surface area (Å²) in [6.07, 6.45) is -4.45. The number of hydrogen-bond acceptors (Lipinski definition) is 4. The second-order valence-corrected chi connectivity index (χ2v) is 4.30. The minimum Gasteiger partial charge on any atom is -0.487 e. The number of rotatable bonds is 3. The molecule has 0 aromatic heterocycles. The van der Waals surface area contributed by atoms with E-state index in [1.807, 2.05) is 0 Å². The number of hydrogen-bond donors (Lipinski definition) is 2. The maximum absolute atomic E-state index is 13.0. The average Bonchev–Trinajstić information content (AvgIpc) is 2.90. The zero-order valence-electron chi connectivity index (χ0n) is 10.4. The fourth-order valence-corrected chi connectivity index (χ4v) is 1.86. The van der Waals surface area contributed by atoms with Crippen LogP contribution in [0.15, 0.2) is 23.4 Å². The van der Waals surface area contributed by atoms with Crippen LogP contribution in [0.2, 0.25) is 0 Å². The van der Waals surface area contributed by atoms with Gasteiger partial charge in [-0.15, -0.1) is 0 Å². The Kier molecular flexibility index (Phi) is 4.03. The maximum atomic E-state index is 13.0. The number of halogens is 3. The lowest BCUT2D eigenvalue weighted by Gasteiger charge is -2.18. The third-order valence-electron chi connectivity index (χ3n) is 2.87. The highest BCUT2D eigenvalue weighted by molar-refractivity contribution is 5.97. The van der Waals surface area contributed by atoms with Gasteiger partial charge in [-0.25, -0.2) is 0 Å². The highest BCUT2D eigenvalue weighted by Crippen LogP contribution is 2.37. The van der Waals surface area contributed by atoms with Crippen LogP contribution in [-0.2, 0) is 10.9 Å². The first-order valence-corrected chi connectivity index (χ1v) is 5.85. The quantitative estimate of drug-likeness (QED) is 0.386. The highest BCUT2D eigenvalue weighted by atomic mass is 19.4. The van der Waals surface area contributed by atoms with E-state index in [4.69, 9.17) is 20.4 Å². The Bertz CT molecular complexity index is 511. The molecular formula is C12H13F3N2O3. The first-order chi connectivity index (χ1) is 9.41. The van der Waals surface area contributed by atoms with Gasteiger partial charge in [0.2, 0.25) is 0 Å². The maximum Gasteiger partial charge on any atom is 0.419 e. The Morgan fingerprint density at radius 2 is 2.20 bits per heavy atom. The second kappa shape index (κ2) is 5.58. The lowest BCUT2D eigenvalue weighted by molar-refractivity contribution is -0.139. The molecule has 1 saturated heterocycles. The third kappa shape index (κ3) is 3.13. The van der Waals surface area contributed by atoms with Crippen LogP contribution in [0.25, 0.3) is 0 Å². The van der Waals surface area contributed by atoms with E-state index in [1.54, 1.807) is 0 Å². The van der Waals surface area contributed by atoms with Gasteiger partial charge in [-0.1, -0.05) is 5.16 Å². The van der Waals surface area contributed by atoms with Crippen molar-refractivity contribution in [1.29, 1.82) is 0 Å². The molecule has 0 aliphatic carbocycles. The Labute approximate surface area is 112 Å². The second-order valence-electron chi connectivity index (χ2n) is 4.30. The predicted molar refractivity (Wildman–Crippen MR) is 63.8 cm³/mol. The Balaban J connectivity index is 2.35. The molecule has 3 N–H and O–H groups in total. The summed E-state index contributed by atoms with van der Waals surface area (Å²) in [5.41, 5.74) is 4.30. The number of ether oxygens (including phenoxy) is 2. The van der Waals surface area contributed by atoms with E-state index in [1.165, 1.54) is 6.07 Å². The molecule has 1 fully saturated rings. The van der Waals surface area contributed by atoms with Crippen LogP contribution in [0, 0.1) is 0 Å². The van der Waals surface area contributed by atoms with Gasteiger partial charge < -0.3 is 20.4 Å². The van der Waals surface area contributed by atoms with Crippen LogP contribution in [0.4, 0.5) is 13.2 Å². The molecule has 1 aromatic rings. The summed E-state index contributed by atoms with van der Waals surface area (Å²) in [4.78, 5) is 0. The normalized spacial score (nSPS) is 20.1. The third-order valence-corrected chi connectivity index (χ3v) is 2.87. The molecule has 1 heterocycles. The van der Waals surface area contributed by atoms with E-state index >= 15 is 0 Å². The van der Waals surface area contributed by atoms with E-state index in [9.17, 15) is 13.2 Å². The van der Waals surface area contributed by atoms with Crippen LogP contribution in [-0.4, -0.2) is 30.4 Å². The van der Waals surface area contributed by atoms with Crippen LogP contribution in [0.5, 0.6) is 5.75 Å². The van der Waals surface area contributed by atoms with Crippen LogP contribution in [0.1, 0.15) is 17.5 Å². The molecule has 20 heavy (non-hydrogen) atoms. The molecule has 0 saturated carbocycles. The number of alkyl halides is 3. The number of oxime groups is 1. The monoisotopic (exact) mass is 290 g/mol. The number of nitrogens with zero attached hydrogens (tertiary/aromatic N) is 1. The first kappa shape index (κ1) is 14.4. The summed E-state index contributed by atoms with van der Waals surface area (Å²) in [5, 5.41) is 11.2. The Morgan fingerprint density at radius 3 is 2.75 bits per heavy atom. The average molecular weight is 290 g/mol. The lowest BCUT2D eigenvalue weighted by Crippen LogP contribution is -2.20. The van der Waals surface area contributed by atoms with Crippen LogP contribution >= 0.6 is 0 Å². The van der Waals surface area contributed by atoms with E-state index in [0.717, 1.165) is 12.1 Å². The molecule has 1 aliphatic heterocycles. The Hall–Kier alpha value is -1.96. The van der Waals surface area contributed by atoms with Gasteiger partial charge in [0.1, 0.15) is 11.9 Å². The molecule has 0 amide bonds. The summed E-state index contributed by atoms with van der Waals surface area (Å²) in [7, 11) is 0. The number of amidine groups is 1. The van der Waals surface area contributed by atoms with Gasteiger partial charge >= 0.3 is 6.18 Å². The predicted octanol–water partition coefficient (Wildman–Crippen LogP) is 1.97. The van der Waals surface area contributed by atoms with Crippen LogP contribution < -0.4 is 10.5 Å². The summed E-state index contributed by atoms with van der Waals surface area (Å²) < 4.78 is 49.4. The van der Waals surface area contributed by atoms with Crippen molar-refractivity contribution < 1.29 is 27.9 Å². The molecule has 0 unspecified atom stereocenters. The van der Waals surface area contributed by atoms with Gasteiger partial charge in [0.15, 0.2) is 5.84 Å². The molecule has 0 spiro atoms. The summed E-state index contributed by atoms with van der Waals surface area (Å²) in [5.74, 6) is -0.686. The smallest absolute Gasteiger partial charge is 0.419 e. The largest absolute Gasteiger partial charge is 0.487 e. The molecule has 2 rings (SSSR count). The van der Waals surface area contributed by atoms with Crippen molar-refractivity contribution in [3.63, 3.8) is 0 Å². The van der Waals surface area contributed by atoms with E-state index in [0.29, 0.717) is 13.0 Å². The minimum atomic E-state index is -4.60. The van der Waals surface area contributed by atoms with Crippen molar-refractivity contribution in [3.8, 4) is 5.75 Å². The Morgan fingerprint density at radius 1 is 1.45 bits per heavy atom. The van der Waals surface area contributed by atoms with Crippen molar-refractivity contribution in [2.75, 3.05) is 13.2 Å². The van der Waals surface area contributed by atoms with Crippen molar-refractivity contribution in [2.24, 2.45) is 10.9 Å². The molecule has 5 nitrogen and oxygen atoms in total. The minimum absolute atomic E-state index is 0.0325. The highest BCUT2D eigenvalue weighted by Gasteiger charge is 2.36. The molecule has 8 heteroatoms. The van der Waals surface area contributed by atoms with Crippen molar-refractivity contribution in [2.45, 2.75) is 18.7 Å². The molecule has 110 valence electrons. The van der Waals surface area contributed by atoms with Crippen molar-refractivity contribution in [1.82, 2.24) is 0 Å². The standard InChI is InChI=1S/C12H13F3N2O3/c13-12(14,15)9-5-7(11(16)17-18)1-2-10(9)20-8-3-4-19-6-8/h1-2,5,8,18H,3-4,6H2,(H2,16,17)/t8-/m1/s1. The van der Waals surface area contributed by atoms with Gasteiger partial charge in [-0.2, -0.15) is 13.2 Å². The number of nitrogens with two attached hydrogens (primary N) is 1. The molecule has 0 radical (unpaired) electrons. The van der Waals surface area contributed by atoms with Gasteiger partial charge in [0.05, 0.1) is 18.8 Å². The SMILES string of the molecule is N/C(=N/O)c1ccc(O[C@@H]2CCOC2)c(C(F)(F)F)c1. The number of benzene rings is 1. The first-order valence-electron chi connectivity index (χ1n) is 5.85.